The fourth-order valence-electron chi connectivity index (χ4n) is 4.65. The maximum absolute atomic E-state index is 12.7. The number of likely N-dealkylation sites (tertiary alicyclic amines) is 1. The van der Waals surface area contributed by atoms with Gasteiger partial charge in [0.1, 0.15) is 5.82 Å². The third kappa shape index (κ3) is 5.59. The first kappa shape index (κ1) is 24.4. The van der Waals surface area contributed by atoms with Crippen LogP contribution in [0.1, 0.15) is 18.4 Å². The SMILES string of the molecule is COc1ncc(-c2cc3cc[nH]c(=O)c3c(Nc3ccc(CCN4CCCC(C(=O)O)C4)cc3)n2)cn1. The van der Waals surface area contributed by atoms with Crippen molar-refractivity contribution in [3.63, 3.8) is 0 Å². The van der Waals surface area contributed by atoms with Crippen LogP contribution in [0.15, 0.2) is 59.8 Å². The van der Waals surface area contributed by atoms with E-state index in [0.717, 1.165) is 49.0 Å². The highest BCUT2D eigenvalue weighted by atomic mass is 16.5. The van der Waals surface area contributed by atoms with Crippen molar-refractivity contribution in [1.82, 2.24) is 24.8 Å². The van der Waals surface area contributed by atoms with Gasteiger partial charge in [-0.25, -0.2) is 15.0 Å². The lowest BCUT2D eigenvalue weighted by Crippen LogP contribution is -2.39. The Bertz CT molecular complexity index is 1450. The monoisotopic (exact) mass is 500 g/mol. The third-order valence-electron chi connectivity index (χ3n) is 6.65. The standard InChI is InChI=1S/C27H28N6O4/c1-37-27-29-14-20(15-30-27)22-13-18-8-10-28-25(34)23(18)24(32-22)31-21-6-4-17(5-7-21)9-12-33-11-2-3-19(16-33)26(35)36/h4-8,10,13-15,19H,2-3,9,11-12,16H2,1H3,(H,28,34)(H,31,32)(H,35,36). The van der Waals surface area contributed by atoms with Gasteiger partial charge in [0, 0.05) is 42.9 Å². The minimum absolute atomic E-state index is 0.233. The van der Waals surface area contributed by atoms with E-state index in [9.17, 15) is 14.7 Å². The van der Waals surface area contributed by atoms with Crippen LogP contribution < -0.4 is 15.6 Å². The van der Waals surface area contributed by atoms with Crippen molar-refractivity contribution in [1.29, 1.82) is 0 Å². The number of aliphatic carboxylic acids is 1. The van der Waals surface area contributed by atoms with Crippen LogP contribution in [-0.4, -0.2) is 62.7 Å². The Balaban J connectivity index is 1.34. The molecular weight excluding hydrogens is 472 g/mol. The molecule has 5 rings (SSSR count). The number of aromatic amines is 1. The number of carbonyl (C=O) groups is 1. The van der Waals surface area contributed by atoms with Gasteiger partial charge in [-0.3, -0.25) is 9.59 Å². The van der Waals surface area contributed by atoms with Crippen molar-refractivity contribution in [3.8, 4) is 17.3 Å². The molecule has 4 heterocycles. The maximum Gasteiger partial charge on any atom is 0.316 e. The molecule has 1 fully saturated rings. The fourth-order valence-corrected chi connectivity index (χ4v) is 4.65. The number of fused-ring (bicyclic) bond motifs is 1. The second-order valence-corrected chi connectivity index (χ2v) is 9.14. The lowest BCUT2D eigenvalue weighted by Gasteiger charge is -2.30. The lowest BCUT2D eigenvalue weighted by atomic mass is 9.98. The Hall–Kier alpha value is -4.31. The zero-order valence-corrected chi connectivity index (χ0v) is 20.5. The van der Waals surface area contributed by atoms with Gasteiger partial charge >= 0.3 is 12.0 Å². The summed E-state index contributed by atoms with van der Waals surface area (Å²) in [7, 11) is 1.51. The molecule has 10 heteroatoms. The van der Waals surface area contributed by atoms with Gasteiger partial charge in [0.15, 0.2) is 0 Å². The fraction of sp³-hybridized carbons (Fsp3) is 0.296. The number of nitrogens with zero attached hydrogens (tertiary/aromatic N) is 4. The minimum Gasteiger partial charge on any atom is -0.481 e. The highest BCUT2D eigenvalue weighted by Crippen LogP contribution is 2.28. The largest absolute Gasteiger partial charge is 0.481 e. The molecule has 3 N–H and O–H groups in total. The number of nitrogens with one attached hydrogen (secondary N) is 2. The molecule has 0 amide bonds. The molecule has 0 radical (unpaired) electrons. The van der Waals surface area contributed by atoms with Crippen molar-refractivity contribution < 1.29 is 14.6 Å². The zero-order valence-electron chi connectivity index (χ0n) is 20.5. The first-order chi connectivity index (χ1) is 18.0. The third-order valence-corrected chi connectivity index (χ3v) is 6.65. The van der Waals surface area contributed by atoms with E-state index >= 15 is 0 Å². The van der Waals surface area contributed by atoms with Crippen molar-refractivity contribution in [3.05, 3.63) is 70.9 Å². The topological polar surface area (TPSA) is 133 Å². The Morgan fingerprint density at radius 2 is 2.00 bits per heavy atom. The lowest BCUT2D eigenvalue weighted by molar-refractivity contribution is -0.143. The number of H-pyrrole nitrogens is 1. The smallest absolute Gasteiger partial charge is 0.316 e. The van der Waals surface area contributed by atoms with Crippen LogP contribution in [0.2, 0.25) is 0 Å². The number of hydrogen-bond donors (Lipinski definition) is 3. The highest BCUT2D eigenvalue weighted by molar-refractivity contribution is 5.95. The number of anilines is 2. The number of ether oxygens (including phenoxy) is 1. The Morgan fingerprint density at radius 3 is 2.73 bits per heavy atom. The molecule has 1 unspecified atom stereocenters. The van der Waals surface area contributed by atoms with Crippen LogP contribution >= 0.6 is 0 Å². The normalized spacial score (nSPS) is 16.0. The van der Waals surface area contributed by atoms with Crippen LogP contribution in [0.4, 0.5) is 11.5 Å². The Morgan fingerprint density at radius 1 is 1.22 bits per heavy atom. The molecule has 3 aromatic heterocycles. The number of piperidine rings is 1. The predicted molar refractivity (Wildman–Crippen MR) is 140 cm³/mol. The average molecular weight is 501 g/mol. The van der Waals surface area contributed by atoms with Crippen molar-refractivity contribution in [2.45, 2.75) is 19.3 Å². The molecule has 190 valence electrons. The summed E-state index contributed by atoms with van der Waals surface area (Å²) in [6, 6.07) is 11.9. The number of aromatic nitrogens is 4. The van der Waals surface area contributed by atoms with Crippen LogP contribution in [0, 0.1) is 5.92 Å². The highest BCUT2D eigenvalue weighted by Gasteiger charge is 2.24. The van der Waals surface area contributed by atoms with E-state index in [0.29, 0.717) is 29.0 Å². The van der Waals surface area contributed by atoms with Gasteiger partial charge in [0.25, 0.3) is 5.56 Å². The summed E-state index contributed by atoms with van der Waals surface area (Å²) >= 11 is 0. The van der Waals surface area contributed by atoms with Gasteiger partial charge in [-0.05, 0) is 61.0 Å². The number of benzene rings is 1. The van der Waals surface area contributed by atoms with E-state index in [-0.39, 0.29) is 17.5 Å². The molecule has 0 spiro atoms. The Kier molecular flexibility index (Phi) is 7.09. The van der Waals surface area contributed by atoms with E-state index in [2.05, 4.69) is 25.2 Å². The van der Waals surface area contributed by atoms with E-state index < -0.39 is 5.97 Å². The van der Waals surface area contributed by atoms with Gasteiger partial charge in [-0.1, -0.05) is 12.1 Å². The molecule has 0 bridgehead atoms. The van der Waals surface area contributed by atoms with Crippen LogP contribution in [0.3, 0.4) is 0 Å². The summed E-state index contributed by atoms with van der Waals surface area (Å²) in [5.41, 5.74) is 3.05. The first-order valence-electron chi connectivity index (χ1n) is 12.2. The summed E-state index contributed by atoms with van der Waals surface area (Å²) in [6.07, 6.45) is 7.38. The van der Waals surface area contributed by atoms with E-state index in [1.165, 1.54) is 7.11 Å². The first-order valence-corrected chi connectivity index (χ1v) is 12.2. The van der Waals surface area contributed by atoms with Gasteiger partial charge in [0.2, 0.25) is 0 Å². The molecule has 37 heavy (non-hydrogen) atoms. The second kappa shape index (κ2) is 10.8. The van der Waals surface area contributed by atoms with Gasteiger partial charge in [-0.15, -0.1) is 0 Å². The van der Waals surface area contributed by atoms with Crippen LogP contribution in [0.5, 0.6) is 6.01 Å². The predicted octanol–water partition coefficient (Wildman–Crippen LogP) is 3.47. The molecule has 1 atom stereocenters. The van der Waals surface area contributed by atoms with Crippen molar-refractivity contribution in [2.75, 3.05) is 32.1 Å². The Labute approximate surface area is 213 Å². The average Bonchev–Trinajstić information content (AvgIpc) is 2.93. The molecule has 1 aliphatic rings. The number of carboxylic acids is 1. The second-order valence-electron chi connectivity index (χ2n) is 9.14. The maximum atomic E-state index is 12.7. The van der Waals surface area contributed by atoms with Gasteiger partial charge in [0.05, 0.1) is 24.1 Å². The van der Waals surface area contributed by atoms with E-state index in [1.54, 1.807) is 18.6 Å². The summed E-state index contributed by atoms with van der Waals surface area (Å²) in [5.74, 6) is -0.541. The molecule has 0 aliphatic carbocycles. The van der Waals surface area contributed by atoms with E-state index in [1.807, 2.05) is 36.4 Å². The molecule has 0 saturated carbocycles. The number of rotatable bonds is 8. The molecule has 1 saturated heterocycles. The molecule has 4 aromatic rings. The number of methoxy groups -OCH3 is 1. The number of hydrogen-bond acceptors (Lipinski definition) is 8. The molecule has 1 aromatic carbocycles. The molecule has 1 aliphatic heterocycles. The van der Waals surface area contributed by atoms with Gasteiger partial charge < -0.3 is 25.0 Å². The van der Waals surface area contributed by atoms with Crippen LogP contribution in [0.25, 0.3) is 22.0 Å². The summed E-state index contributed by atoms with van der Waals surface area (Å²) in [6.45, 7) is 2.37. The molecular formula is C27H28N6O4. The zero-order chi connectivity index (χ0) is 25.8. The minimum atomic E-state index is -0.705. The van der Waals surface area contributed by atoms with Crippen molar-refractivity contribution in [2.24, 2.45) is 5.92 Å². The number of carboxylic acid groups (broad SMARTS) is 1. The van der Waals surface area contributed by atoms with Crippen molar-refractivity contribution >= 4 is 28.2 Å². The quantitative estimate of drug-likeness (QED) is 0.332. The summed E-state index contributed by atoms with van der Waals surface area (Å²) in [5, 5.41) is 13.8. The molecule has 10 nitrogen and oxygen atoms in total. The van der Waals surface area contributed by atoms with E-state index in [4.69, 9.17) is 9.72 Å². The summed E-state index contributed by atoms with van der Waals surface area (Å²) in [4.78, 5) is 42.0. The summed E-state index contributed by atoms with van der Waals surface area (Å²) < 4.78 is 5.04. The van der Waals surface area contributed by atoms with Gasteiger partial charge in [-0.2, -0.15) is 0 Å². The van der Waals surface area contributed by atoms with Crippen LogP contribution in [-0.2, 0) is 11.2 Å². The number of pyridine rings is 2.